The first-order chi connectivity index (χ1) is 14.5. The minimum atomic E-state index is -0.343. The number of benzene rings is 2. The van der Waals surface area contributed by atoms with E-state index in [0.717, 1.165) is 23.3 Å². The van der Waals surface area contributed by atoms with Crippen LogP contribution in [0.25, 0.3) is 0 Å². The third-order valence-electron chi connectivity index (χ3n) is 5.97. The summed E-state index contributed by atoms with van der Waals surface area (Å²) >= 11 is 1.58. The summed E-state index contributed by atoms with van der Waals surface area (Å²) in [7, 11) is 0. The molecule has 2 bridgehead atoms. The number of thioether (sulfide) groups is 1. The van der Waals surface area contributed by atoms with Gasteiger partial charge in [-0.15, -0.1) is 11.8 Å². The molecule has 7 heteroatoms. The van der Waals surface area contributed by atoms with Gasteiger partial charge in [0.1, 0.15) is 11.6 Å². The maximum Gasteiger partial charge on any atom is 0.258 e. The highest BCUT2D eigenvalue weighted by atomic mass is 32.2. The molecule has 1 saturated carbocycles. The zero-order valence-electron chi connectivity index (χ0n) is 16.8. The zero-order chi connectivity index (χ0) is 21.1. The van der Waals surface area contributed by atoms with Crippen LogP contribution in [-0.2, 0) is 4.79 Å². The minimum absolute atomic E-state index is 0.0640. The second kappa shape index (κ2) is 9.08. The van der Waals surface area contributed by atoms with Crippen LogP contribution in [0, 0.1) is 17.7 Å². The van der Waals surface area contributed by atoms with E-state index in [2.05, 4.69) is 5.32 Å². The van der Waals surface area contributed by atoms with Gasteiger partial charge < -0.3 is 15.0 Å². The number of rotatable bonds is 6. The molecule has 2 amide bonds. The van der Waals surface area contributed by atoms with E-state index in [0.29, 0.717) is 18.8 Å². The topological polar surface area (TPSA) is 58.6 Å². The van der Waals surface area contributed by atoms with Crippen molar-refractivity contribution < 1.29 is 18.7 Å². The van der Waals surface area contributed by atoms with Gasteiger partial charge in [0.05, 0.1) is 5.56 Å². The maximum absolute atomic E-state index is 13.1. The lowest BCUT2D eigenvalue weighted by Crippen LogP contribution is -2.54. The third kappa shape index (κ3) is 4.46. The fourth-order valence-electron chi connectivity index (χ4n) is 4.52. The zero-order valence-corrected chi connectivity index (χ0v) is 17.7. The van der Waals surface area contributed by atoms with Crippen molar-refractivity contribution in [3.8, 4) is 5.75 Å². The fourth-order valence-corrected chi connectivity index (χ4v) is 5.11. The summed E-state index contributed by atoms with van der Waals surface area (Å²) in [5, 5.41) is 3.10. The number of likely N-dealkylation sites (tertiary alicyclic amines) is 1. The third-order valence-corrected chi connectivity index (χ3v) is 6.77. The van der Waals surface area contributed by atoms with Gasteiger partial charge in [0, 0.05) is 24.0 Å². The van der Waals surface area contributed by atoms with E-state index in [-0.39, 0.29) is 42.1 Å². The van der Waals surface area contributed by atoms with Crippen molar-refractivity contribution in [2.45, 2.75) is 23.8 Å². The smallest absolute Gasteiger partial charge is 0.258 e. The van der Waals surface area contributed by atoms with Gasteiger partial charge in [-0.05, 0) is 67.3 Å². The number of piperidine rings is 1. The molecule has 1 aliphatic carbocycles. The summed E-state index contributed by atoms with van der Waals surface area (Å²) in [4.78, 5) is 28.4. The number of ether oxygens (including phenoxy) is 1. The van der Waals surface area contributed by atoms with E-state index in [4.69, 9.17) is 4.74 Å². The molecule has 2 aromatic carbocycles. The SMILES string of the molecule is CSc1ccccc1C(=O)N1C[C@H]2CC[C@@H](C1)C2NC(=O)COc1ccc(F)cc1. The Hall–Kier alpha value is -2.54. The molecule has 30 heavy (non-hydrogen) atoms. The van der Waals surface area contributed by atoms with Gasteiger partial charge >= 0.3 is 0 Å². The van der Waals surface area contributed by atoms with E-state index < -0.39 is 0 Å². The van der Waals surface area contributed by atoms with Gasteiger partial charge in [0.15, 0.2) is 6.61 Å². The molecule has 1 heterocycles. The Labute approximate surface area is 180 Å². The Morgan fingerprint density at radius 3 is 2.43 bits per heavy atom. The molecule has 1 saturated heterocycles. The van der Waals surface area contributed by atoms with E-state index in [1.807, 2.05) is 35.4 Å². The monoisotopic (exact) mass is 428 g/mol. The van der Waals surface area contributed by atoms with Crippen LogP contribution < -0.4 is 10.1 Å². The van der Waals surface area contributed by atoms with Crippen LogP contribution in [0.15, 0.2) is 53.4 Å². The summed E-state index contributed by atoms with van der Waals surface area (Å²) in [6.45, 7) is 1.20. The summed E-state index contributed by atoms with van der Waals surface area (Å²) in [6, 6.07) is 13.4. The van der Waals surface area contributed by atoms with Gasteiger partial charge in [-0.25, -0.2) is 4.39 Å². The molecule has 0 spiro atoms. The fraction of sp³-hybridized carbons (Fsp3) is 0.391. The number of hydrogen-bond donors (Lipinski definition) is 1. The summed E-state index contributed by atoms with van der Waals surface area (Å²) in [5.74, 6) is 0.509. The second-order valence-corrected chi connectivity index (χ2v) is 8.69. The highest BCUT2D eigenvalue weighted by Crippen LogP contribution is 2.38. The molecule has 2 fully saturated rings. The van der Waals surface area contributed by atoms with Gasteiger partial charge in [-0.3, -0.25) is 9.59 Å². The van der Waals surface area contributed by atoms with Crippen molar-refractivity contribution in [1.29, 1.82) is 0 Å². The Bertz CT molecular complexity index is 907. The Balaban J connectivity index is 1.34. The Morgan fingerprint density at radius 1 is 1.10 bits per heavy atom. The lowest BCUT2D eigenvalue weighted by Gasteiger charge is -2.38. The number of nitrogens with one attached hydrogen (secondary N) is 1. The number of halogens is 1. The lowest BCUT2D eigenvalue weighted by molar-refractivity contribution is -0.124. The maximum atomic E-state index is 13.1. The molecule has 158 valence electrons. The number of carbonyl (C=O) groups excluding carboxylic acids is 2. The van der Waals surface area contributed by atoms with Gasteiger partial charge in [0.25, 0.3) is 11.8 Å². The molecule has 3 atom stereocenters. The van der Waals surface area contributed by atoms with Crippen molar-refractivity contribution in [3.63, 3.8) is 0 Å². The average molecular weight is 429 g/mol. The molecule has 0 aromatic heterocycles. The quantitative estimate of drug-likeness (QED) is 0.715. The highest BCUT2D eigenvalue weighted by Gasteiger charge is 2.44. The second-order valence-electron chi connectivity index (χ2n) is 7.84. The van der Waals surface area contributed by atoms with Crippen LogP contribution in [0.1, 0.15) is 23.2 Å². The van der Waals surface area contributed by atoms with Crippen LogP contribution in [0.5, 0.6) is 5.75 Å². The van der Waals surface area contributed by atoms with Crippen molar-refractivity contribution in [1.82, 2.24) is 10.2 Å². The molecule has 1 N–H and O–H groups in total. The predicted molar refractivity (Wildman–Crippen MR) is 114 cm³/mol. The Kier molecular flexibility index (Phi) is 6.27. The summed E-state index contributed by atoms with van der Waals surface area (Å²) in [5.41, 5.74) is 0.750. The van der Waals surface area contributed by atoms with E-state index in [1.165, 1.54) is 24.3 Å². The normalized spacial score (nSPS) is 22.6. The van der Waals surface area contributed by atoms with Crippen LogP contribution in [-0.4, -0.2) is 48.7 Å². The predicted octanol–water partition coefficient (Wildman–Crippen LogP) is 3.59. The summed E-state index contributed by atoms with van der Waals surface area (Å²) in [6.07, 6.45) is 3.98. The molecule has 1 unspecified atom stereocenters. The van der Waals surface area contributed by atoms with Gasteiger partial charge in [-0.1, -0.05) is 12.1 Å². The first kappa shape index (κ1) is 20.7. The number of fused-ring (bicyclic) bond motifs is 2. The van der Waals surface area contributed by atoms with E-state index >= 15 is 0 Å². The molecule has 5 nitrogen and oxygen atoms in total. The number of hydrogen-bond acceptors (Lipinski definition) is 4. The molecular weight excluding hydrogens is 403 g/mol. The lowest BCUT2D eigenvalue weighted by atomic mass is 9.91. The first-order valence-corrected chi connectivity index (χ1v) is 11.4. The average Bonchev–Trinajstić information content (AvgIpc) is 2.99. The Morgan fingerprint density at radius 2 is 1.77 bits per heavy atom. The van der Waals surface area contributed by atoms with Crippen LogP contribution >= 0.6 is 11.8 Å². The van der Waals surface area contributed by atoms with Gasteiger partial charge in [-0.2, -0.15) is 0 Å². The molecule has 1 aliphatic heterocycles. The largest absolute Gasteiger partial charge is 0.484 e. The van der Waals surface area contributed by atoms with Crippen LogP contribution in [0.3, 0.4) is 0 Å². The molecule has 4 rings (SSSR count). The number of amides is 2. The first-order valence-electron chi connectivity index (χ1n) is 10.1. The van der Waals surface area contributed by atoms with Crippen LogP contribution in [0.4, 0.5) is 4.39 Å². The van der Waals surface area contributed by atoms with Gasteiger partial charge in [0.2, 0.25) is 0 Å². The summed E-state index contributed by atoms with van der Waals surface area (Å²) < 4.78 is 18.4. The van der Waals surface area contributed by atoms with E-state index in [9.17, 15) is 14.0 Å². The van der Waals surface area contributed by atoms with Crippen molar-refractivity contribution >= 4 is 23.6 Å². The van der Waals surface area contributed by atoms with Crippen molar-refractivity contribution in [2.75, 3.05) is 26.0 Å². The number of nitrogens with zero attached hydrogens (tertiary/aromatic N) is 1. The minimum Gasteiger partial charge on any atom is -0.484 e. The molecule has 0 radical (unpaired) electrons. The van der Waals surface area contributed by atoms with Crippen molar-refractivity contribution in [2.24, 2.45) is 11.8 Å². The van der Waals surface area contributed by atoms with Crippen LogP contribution in [0.2, 0.25) is 0 Å². The standard InChI is InChI=1S/C23H25FN2O3S/c1-30-20-5-3-2-4-19(20)23(28)26-12-15-6-7-16(13-26)22(15)25-21(27)14-29-18-10-8-17(24)9-11-18/h2-5,8-11,15-16,22H,6-7,12-14H2,1H3,(H,25,27)/t15-,16+,22?. The number of carbonyl (C=O) groups is 2. The van der Waals surface area contributed by atoms with E-state index in [1.54, 1.807) is 11.8 Å². The molecule has 2 aliphatic rings. The molecular formula is C23H25FN2O3S. The van der Waals surface area contributed by atoms with Crippen molar-refractivity contribution in [3.05, 3.63) is 59.9 Å². The molecule has 2 aromatic rings. The highest BCUT2D eigenvalue weighted by molar-refractivity contribution is 7.98.